The van der Waals surface area contributed by atoms with Gasteiger partial charge in [-0.3, -0.25) is 4.79 Å². The van der Waals surface area contributed by atoms with Crippen LogP contribution in [0.25, 0.3) is 0 Å². The van der Waals surface area contributed by atoms with Crippen LogP contribution in [0.3, 0.4) is 0 Å². The summed E-state index contributed by atoms with van der Waals surface area (Å²) in [6, 6.07) is 5.03. The molecule has 31 heavy (non-hydrogen) atoms. The van der Waals surface area contributed by atoms with Crippen molar-refractivity contribution in [1.82, 2.24) is 9.73 Å². The Labute approximate surface area is 174 Å². The third-order valence-corrected chi connectivity index (χ3v) is 6.55. The molecule has 0 spiro atoms. The Hall–Kier alpha value is -2.86. The van der Waals surface area contributed by atoms with Crippen LogP contribution in [0.2, 0.25) is 0 Å². The number of benzene rings is 2. The van der Waals surface area contributed by atoms with Crippen molar-refractivity contribution in [3.8, 4) is 0 Å². The van der Waals surface area contributed by atoms with Crippen LogP contribution in [-0.2, 0) is 10.0 Å². The highest BCUT2D eigenvalue weighted by molar-refractivity contribution is 7.89. The van der Waals surface area contributed by atoms with Crippen molar-refractivity contribution in [3.05, 3.63) is 64.5 Å². The topological polar surface area (TPSA) is 78.8 Å². The summed E-state index contributed by atoms with van der Waals surface area (Å²) in [4.78, 5) is 12.1. The van der Waals surface area contributed by atoms with Crippen molar-refractivity contribution in [2.45, 2.75) is 24.2 Å². The maximum Gasteiger partial charge on any atom is 0.271 e. The second kappa shape index (κ2) is 9.10. The van der Waals surface area contributed by atoms with Crippen LogP contribution < -0.4 is 5.43 Å². The van der Waals surface area contributed by atoms with E-state index in [0.29, 0.717) is 13.1 Å². The van der Waals surface area contributed by atoms with Crippen LogP contribution in [-0.4, -0.2) is 37.9 Å². The van der Waals surface area contributed by atoms with Gasteiger partial charge in [0.1, 0.15) is 0 Å². The molecule has 0 radical (unpaired) electrons. The van der Waals surface area contributed by atoms with E-state index in [9.17, 15) is 35.2 Å². The van der Waals surface area contributed by atoms with Gasteiger partial charge < -0.3 is 0 Å². The first kappa shape index (κ1) is 22.8. The van der Waals surface area contributed by atoms with E-state index in [4.69, 9.17) is 0 Å². The molecule has 3 rings (SSSR count). The Kier molecular flexibility index (Phi) is 6.70. The molecule has 1 aliphatic heterocycles. The largest absolute Gasteiger partial charge is 0.271 e. The van der Waals surface area contributed by atoms with Gasteiger partial charge in [0.05, 0.1) is 16.7 Å². The Morgan fingerprint density at radius 1 is 0.935 bits per heavy atom. The normalized spacial score (nSPS) is 15.4. The van der Waals surface area contributed by atoms with E-state index in [1.165, 1.54) is 22.5 Å². The van der Waals surface area contributed by atoms with E-state index in [1.807, 2.05) is 5.43 Å². The molecule has 12 heteroatoms. The van der Waals surface area contributed by atoms with Crippen LogP contribution in [0, 0.1) is 29.1 Å². The van der Waals surface area contributed by atoms with Crippen molar-refractivity contribution in [1.29, 1.82) is 0 Å². The van der Waals surface area contributed by atoms with Gasteiger partial charge in [-0.25, -0.2) is 35.8 Å². The Morgan fingerprint density at radius 2 is 1.52 bits per heavy atom. The molecule has 0 atom stereocenters. The molecular weight excluding hydrogens is 445 g/mol. The molecule has 2 aromatic carbocycles. The van der Waals surface area contributed by atoms with E-state index in [0.717, 1.165) is 25.3 Å². The number of rotatable bonds is 5. The van der Waals surface area contributed by atoms with Gasteiger partial charge in [0, 0.05) is 18.7 Å². The molecule has 1 aliphatic rings. The van der Waals surface area contributed by atoms with Crippen molar-refractivity contribution < 1.29 is 35.2 Å². The highest BCUT2D eigenvalue weighted by Gasteiger charge is 2.27. The number of nitrogens with one attached hydrogen (secondary N) is 1. The molecule has 6 nitrogen and oxygen atoms in total. The molecule has 166 valence electrons. The monoisotopic (exact) mass is 461 g/mol. The summed E-state index contributed by atoms with van der Waals surface area (Å²) in [5.41, 5.74) is 0.397. The molecule has 1 saturated heterocycles. The number of nitrogens with zero attached hydrogens (tertiary/aromatic N) is 2. The first-order chi connectivity index (χ1) is 14.6. The number of carbonyl (C=O) groups excluding carboxylic acids is 1. The summed E-state index contributed by atoms with van der Waals surface area (Å²) in [5.74, 6) is -11.8. The summed E-state index contributed by atoms with van der Waals surface area (Å²) in [7, 11) is -3.81. The zero-order valence-electron chi connectivity index (χ0n) is 15.8. The summed E-state index contributed by atoms with van der Waals surface area (Å²) in [6.45, 7) is 0.732. The number of hydrogen-bond donors (Lipinski definition) is 1. The third kappa shape index (κ3) is 4.59. The Bertz CT molecular complexity index is 1120. The number of sulfonamides is 1. The van der Waals surface area contributed by atoms with Crippen molar-refractivity contribution in [2.75, 3.05) is 13.1 Å². The maximum atomic E-state index is 13.6. The van der Waals surface area contributed by atoms with Gasteiger partial charge in [0.25, 0.3) is 5.91 Å². The lowest BCUT2D eigenvalue weighted by atomic mass is 10.2. The maximum absolute atomic E-state index is 13.6. The highest BCUT2D eigenvalue weighted by Crippen LogP contribution is 2.22. The van der Waals surface area contributed by atoms with Crippen molar-refractivity contribution in [3.63, 3.8) is 0 Å². The molecule has 0 saturated carbocycles. The summed E-state index contributed by atoms with van der Waals surface area (Å²) < 4.78 is 93.4. The number of hydrogen-bond acceptors (Lipinski definition) is 4. The van der Waals surface area contributed by atoms with E-state index in [2.05, 4.69) is 5.10 Å². The van der Waals surface area contributed by atoms with Crippen LogP contribution in [0.4, 0.5) is 22.0 Å². The zero-order chi connectivity index (χ0) is 22.8. The lowest BCUT2D eigenvalue weighted by molar-refractivity contribution is 0.0955. The van der Waals surface area contributed by atoms with E-state index < -0.39 is 50.6 Å². The molecular formula is C19H16F5N3O3S. The standard InChI is InChI=1S/C19H16F5N3O3S/c20-14-13(15(21)17(23)18(24)16(14)22)10-25-26-19(28)11-5-4-6-12(9-11)31(29,30)27-7-2-1-3-8-27/h4-6,9-10H,1-3,7-8H2,(H,26,28)/b25-10+. The first-order valence-electron chi connectivity index (χ1n) is 9.09. The highest BCUT2D eigenvalue weighted by atomic mass is 32.2. The molecule has 2 aromatic rings. The summed E-state index contributed by atoms with van der Waals surface area (Å²) in [5, 5.41) is 3.21. The number of halogens is 5. The Balaban J connectivity index is 1.79. The fourth-order valence-corrected chi connectivity index (χ4v) is 4.57. The molecule has 1 amide bonds. The SMILES string of the molecule is O=C(N/N=C/c1c(F)c(F)c(F)c(F)c1F)c1cccc(S(=O)(=O)N2CCCCC2)c1. The molecule has 1 heterocycles. The van der Waals surface area contributed by atoms with Gasteiger partial charge >= 0.3 is 0 Å². The molecule has 0 aliphatic carbocycles. The predicted molar refractivity (Wildman–Crippen MR) is 100 cm³/mol. The smallest absolute Gasteiger partial charge is 0.267 e. The first-order valence-corrected chi connectivity index (χ1v) is 10.5. The van der Waals surface area contributed by atoms with Gasteiger partial charge in [-0.1, -0.05) is 12.5 Å². The molecule has 0 unspecified atom stereocenters. The van der Waals surface area contributed by atoms with Gasteiger partial charge in [0.2, 0.25) is 15.8 Å². The molecule has 0 bridgehead atoms. The molecule has 1 fully saturated rings. The summed E-state index contributed by atoms with van der Waals surface area (Å²) in [6.07, 6.45) is 2.65. The average Bonchev–Trinajstić information content (AvgIpc) is 2.79. The minimum absolute atomic E-state index is 0.120. The van der Waals surface area contributed by atoms with Crippen molar-refractivity contribution >= 4 is 22.1 Å². The quantitative estimate of drug-likeness (QED) is 0.244. The number of hydrazone groups is 1. The van der Waals surface area contributed by atoms with Gasteiger partial charge in [-0.05, 0) is 31.0 Å². The van der Waals surface area contributed by atoms with Gasteiger partial charge in [-0.2, -0.15) is 9.41 Å². The van der Waals surface area contributed by atoms with E-state index >= 15 is 0 Å². The van der Waals surface area contributed by atoms with E-state index in [1.54, 1.807) is 0 Å². The van der Waals surface area contributed by atoms with Crippen LogP contribution in [0.15, 0.2) is 34.3 Å². The van der Waals surface area contributed by atoms with Crippen molar-refractivity contribution in [2.24, 2.45) is 5.10 Å². The van der Waals surface area contributed by atoms with E-state index in [-0.39, 0.29) is 16.7 Å². The third-order valence-electron chi connectivity index (χ3n) is 4.65. The van der Waals surface area contributed by atoms with Gasteiger partial charge in [0.15, 0.2) is 23.3 Å². The summed E-state index contributed by atoms with van der Waals surface area (Å²) >= 11 is 0. The molecule has 1 N–H and O–H groups in total. The van der Waals surface area contributed by atoms with Crippen LogP contribution in [0.1, 0.15) is 35.2 Å². The average molecular weight is 461 g/mol. The minimum Gasteiger partial charge on any atom is -0.267 e. The predicted octanol–water partition coefficient (Wildman–Crippen LogP) is 3.32. The fraction of sp³-hybridized carbons (Fsp3) is 0.263. The zero-order valence-corrected chi connectivity index (χ0v) is 16.7. The number of amides is 1. The lowest BCUT2D eigenvalue weighted by Gasteiger charge is -2.25. The molecule has 0 aromatic heterocycles. The van der Waals surface area contributed by atoms with Crippen LogP contribution in [0.5, 0.6) is 0 Å². The number of carbonyl (C=O) groups is 1. The fourth-order valence-electron chi connectivity index (χ4n) is 3.01. The second-order valence-corrected chi connectivity index (χ2v) is 8.61. The number of piperidine rings is 1. The Morgan fingerprint density at radius 3 is 2.13 bits per heavy atom. The second-order valence-electron chi connectivity index (χ2n) is 6.68. The van der Waals surface area contributed by atoms with Gasteiger partial charge in [-0.15, -0.1) is 0 Å². The lowest BCUT2D eigenvalue weighted by Crippen LogP contribution is -2.35. The minimum atomic E-state index is -3.81. The van der Waals surface area contributed by atoms with Crippen LogP contribution >= 0.6 is 0 Å².